The van der Waals surface area contributed by atoms with Crippen molar-refractivity contribution < 1.29 is 5.11 Å². The van der Waals surface area contributed by atoms with Gasteiger partial charge in [-0.15, -0.1) is 5.10 Å². The number of halogens is 1. The predicted octanol–water partition coefficient (Wildman–Crippen LogP) is 1.01. The third-order valence-electron chi connectivity index (χ3n) is 1.85. The Hall–Kier alpha value is -0.980. The van der Waals surface area contributed by atoms with Crippen molar-refractivity contribution in [2.45, 2.75) is 6.10 Å². The van der Waals surface area contributed by atoms with Gasteiger partial charge in [0.25, 0.3) is 0 Å². The second-order valence-corrected chi connectivity index (χ2v) is 3.75. The van der Waals surface area contributed by atoms with Gasteiger partial charge in [0.05, 0.1) is 16.9 Å². The van der Waals surface area contributed by atoms with Gasteiger partial charge in [0.1, 0.15) is 11.8 Å². The summed E-state index contributed by atoms with van der Waals surface area (Å²) >= 11 is 7.05. The number of aryl methyl sites for hydroxylation is 1. The number of nitrogens with zero attached hydrogens (tertiary/aromatic N) is 4. The van der Waals surface area contributed by atoms with E-state index >= 15 is 0 Å². The Labute approximate surface area is 89.1 Å². The molecule has 2 heterocycles. The van der Waals surface area contributed by atoms with E-state index < -0.39 is 6.10 Å². The van der Waals surface area contributed by atoms with Crippen LogP contribution in [0.15, 0.2) is 11.6 Å². The Morgan fingerprint density at radius 2 is 2.43 bits per heavy atom. The Bertz CT molecular complexity index is 407. The van der Waals surface area contributed by atoms with Gasteiger partial charge < -0.3 is 5.11 Å². The van der Waals surface area contributed by atoms with Gasteiger partial charge in [-0.25, -0.2) is 0 Å². The summed E-state index contributed by atoms with van der Waals surface area (Å²) in [4.78, 5) is 0. The first-order chi connectivity index (χ1) is 6.70. The molecule has 0 saturated carbocycles. The first-order valence-electron chi connectivity index (χ1n) is 3.82. The molecule has 0 bridgehead atoms. The summed E-state index contributed by atoms with van der Waals surface area (Å²) in [5.41, 5.74) is 1.01. The summed E-state index contributed by atoms with van der Waals surface area (Å²) in [7, 11) is 1.71. The monoisotopic (exact) mass is 230 g/mol. The third-order valence-corrected chi connectivity index (χ3v) is 2.67. The largest absolute Gasteiger partial charge is 0.380 e. The van der Waals surface area contributed by atoms with Crippen LogP contribution in [0.25, 0.3) is 0 Å². The van der Waals surface area contributed by atoms with Gasteiger partial charge in [-0.2, -0.15) is 5.10 Å². The van der Waals surface area contributed by atoms with E-state index in [1.807, 2.05) is 0 Å². The van der Waals surface area contributed by atoms with E-state index in [1.54, 1.807) is 12.4 Å². The van der Waals surface area contributed by atoms with Gasteiger partial charge in [-0.3, -0.25) is 4.68 Å². The Morgan fingerprint density at radius 1 is 1.64 bits per heavy atom. The fraction of sp³-hybridized carbons (Fsp3) is 0.286. The van der Waals surface area contributed by atoms with E-state index in [0.29, 0.717) is 16.4 Å². The fourth-order valence-electron chi connectivity index (χ4n) is 1.16. The van der Waals surface area contributed by atoms with Crippen molar-refractivity contribution in [1.82, 2.24) is 19.4 Å². The van der Waals surface area contributed by atoms with E-state index in [2.05, 4.69) is 14.7 Å². The normalized spacial score (nSPS) is 13.1. The average molecular weight is 231 g/mol. The standard InChI is InChI=1S/C7H7ClN4OS/c1-12-6(4(8)2-9-12)7(13)5-3-14-11-10-5/h2-3,7,13H,1H3. The maximum atomic E-state index is 9.89. The van der Waals surface area contributed by atoms with Gasteiger partial charge in [-0.05, 0) is 11.5 Å². The highest BCUT2D eigenvalue weighted by Gasteiger charge is 2.20. The molecular weight excluding hydrogens is 224 g/mol. The molecule has 0 fully saturated rings. The molecule has 5 nitrogen and oxygen atoms in total. The smallest absolute Gasteiger partial charge is 0.142 e. The lowest BCUT2D eigenvalue weighted by atomic mass is 10.2. The van der Waals surface area contributed by atoms with Crippen LogP contribution < -0.4 is 0 Å². The number of aromatic nitrogens is 4. The molecular formula is C7H7ClN4OS. The van der Waals surface area contributed by atoms with Crippen molar-refractivity contribution in [3.05, 3.63) is 28.0 Å². The van der Waals surface area contributed by atoms with Crippen LogP contribution >= 0.6 is 23.1 Å². The number of aliphatic hydroxyl groups is 1. The Balaban J connectivity index is 2.41. The fourth-order valence-corrected chi connectivity index (χ4v) is 1.90. The number of rotatable bonds is 2. The maximum absolute atomic E-state index is 9.89. The minimum atomic E-state index is -0.867. The van der Waals surface area contributed by atoms with Crippen LogP contribution in [0.4, 0.5) is 0 Å². The minimum absolute atomic E-state index is 0.424. The van der Waals surface area contributed by atoms with Crippen LogP contribution in [-0.4, -0.2) is 24.5 Å². The molecule has 1 N–H and O–H groups in total. The number of hydrogen-bond donors (Lipinski definition) is 1. The van der Waals surface area contributed by atoms with E-state index in [1.165, 1.54) is 22.4 Å². The molecule has 2 rings (SSSR count). The molecule has 0 aromatic carbocycles. The zero-order valence-corrected chi connectivity index (χ0v) is 8.83. The maximum Gasteiger partial charge on any atom is 0.142 e. The van der Waals surface area contributed by atoms with Gasteiger partial charge in [0.2, 0.25) is 0 Å². The summed E-state index contributed by atoms with van der Waals surface area (Å²) in [5.74, 6) is 0. The SMILES string of the molecule is Cn1ncc(Cl)c1C(O)c1csnn1. The van der Waals surface area contributed by atoms with Crippen molar-refractivity contribution in [1.29, 1.82) is 0 Å². The molecule has 1 atom stereocenters. The first kappa shape index (κ1) is 9.57. The second kappa shape index (κ2) is 3.64. The van der Waals surface area contributed by atoms with Crippen LogP contribution in [0.3, 0.4) is 0 Å². The highest BCUT2D eigenvalue weighted by molar-refractivity contribution is 7.03. The van der Waals surface area contributed by atoms with E-state index in [4.69, 9.17) is 11.6 Å². The first-order valence-corrected chi connectivity index (χ1v) is 5.04. The molecule has 0 aliphatic heterocycles. The summed E-state index contributed by atoms with van der Waals surface area (Å²) in [5, 5.41) is 19.7. The van der Waals surface area contributed by atoms with Crippen LogP contribution in [0.5, 0.6) is 0 Å². The average Bonchev–Trinajstić information content (AvgIpc) is 2.75. The lowest BCUT2D eigenvalue weighted by Gasteiger charge is -2.07. The van der Waals surface area contributed by atoms with Gasteiger partial charge in [0, 0.05) is 12.4 Å². The van der Waals surface area contributed by atoms with Crippen molar-refractivity contribution in [3.63, 3.8) is 0 Å². The summed E-state index contributed by atoms with van der Waals surface area (Å²) in [6, 6.07) is 0. The Morgan fingerprint density at radius 3 is 2.93 bits per heavy atom. The molecule has 0 saturated heterocycles. The van der Waals surface area contributed by atoms with Crippen molar-refractivity contribution >= 4 is 23.1 Å². The van der Waals surface area contributed by atoms with E-state index in [0.717, 1.165) is 0 Å². The van der Waals surface area contributed by atoms with Crippen LogP contribution in [-0.2, 0) is 7.05 Å². The highest BCUT2D eigenvalue weighted by Crippen LogP contribution is 2.26. The molecule has 1 unspecified atom stereocenters. The predicted molar refractivity (Wildman–Crippen MR) is 52.2 cm³/mol. The quantitative estimate of drug-likeness (QED) is 0.836. The van der Waals surface area contributed by atoms with Gasteiger partial charge >= 0.3 is 0 Å². The molecule has 0 aliphatic carbocycles. The van der Waals surface area contributed by atoms with Crippen LogP contribution in [0.1, 0.15) is 17.5 Å². The molecule has 0 aliphatic rings. The molecule has 7 heteroatoms. The minimum Gasteiger partial charge on any atom is -0.380 e. The van der Waals surface area contributed by atoms with Crippen molar-refractivity contribution in [2.75, 3.05) is 0 Å². The topological polar surface area (TPSA) is 63.8 Å². The van der Waals surface area contributed by atoms with Crippen molar-refractivity contribution in [2.24, 2.45) is 7.05 Å². The van der Waals surface area contributed by atoms with E-state index in [9.17, 15) is 5.11 Å². The zero-order valence-electron chi connectivity index (χ0n) is 7.25. The number of hydrogen-bond acceptors (Lipinski definition) is 5. The third kappa shape index (κ3) is 1.52. The lowest BCUT2D eigenvalue weighted by molar-refractivity contribution is 0.205. The highest BCUT2D eigenvalue weighted by atomic mass is 35.5. The summed E-state index contributed by atoms with van der Waals surface area (Å²) < 4.78 is 5.19. The molecule has 2 aromatic rings. The van der Waals surface area contributed by atoms with Gasteiger partial charge in [0.15, 0.2) is 0 Å². The molecule has 2 aromatic heterocycles. The Kier molecular flexibility index (Phi) is 2.49. The van der Waals surface area contributed by atoms with Gasteiger partial charge in [-0.1, -0.05) is 16.1 Å². The van der Waals surface area contributed by atoms with E-state index in [-0.39, 0.29) is 0 Å². The lowest BCUT2D eigenvalue weighted by Crippen LogP contribution is -2.07. The van der Waals surface area contributed by atoms with Crippen LogP contribution in [0.2, 0.25) is 5.02 Å². The molecule has 0 radical (unpaired) electrons. The zero-order chi connectivity index (χ0) is 10.1. The summed E-state index contributed by atoms with van der Waals surface area (Å²) in [6.45, 7) is 0. The number of aliphatic hydroxyl groups excluding tert-OH is 1. The molecule has 0 amide bonds. The van der Waals surface area contributed by atoms with Crippen molar-refractivity contribution in [3.8, 4) is 0 Å². The molecule has 14 heavy (non-hydrogen) atoms. The summed E-state index contributed by atoms with van der Waals surface area (Å²) in [6.07, 6.45) is 0.619. The van der Waals surface area contributed by atoms with Crippen LogP contribution in [0, 0.1) is 0 Å². The second-order valence-electron chi connectivity index (χ2n) is 2.73. The molecule has 0 spiro atoms. The molecule has 74 valence electrons.